The lowest BCUT2D eigenvalue weighted by molar-refractivity contribution is -0.142. The highest BCUT2D eigenvalue weighted by Gasteiger charge is 2.41. The summed E-state index contributed by atoms with van der Waals surface area (Å²) in [5.74, 6) is 0.205. The fourth-order valence-corrected chi connectivity index (χ4v) is 2.99. The number of benzene rings is 2. The van der Waals surface area contributed by atoms with Gasteiger partial charge >= 0.3 is 12.1 Å². The Balaban J connectivity index is 2.25. The van der Waals surface area contributed by atoms with E-state index in [1.165, 1.54) is 12.0 Å². The zero-order valence-corrected chi connectivity index (χ0v) is 16.2. The third-order valence-corrected chi connectivity index (χ3v) is 4.12. The molecule has 0 spiro atoms. The smallest absolute Gasteiger partial charge is 0.416 e. The van der Waals surface area contributed by atoms with Crippen LogP contribution in [0.3, 0.4) is 0 Å². The van der Waals surface area contributed by atoms with Crippen molar-refractivity contribution in [3.05, 3.63) is 53.1 Å². The largest absolute Gasteiger partial charge is 0.467 e. The maximum atomic E-state index is 13.1. The summed E-state index contributed by atoms with van der Waals surface area (Å²) in [7, 11) is 1.27. The number of methoxy groups -OCH3 is 1. The molecule has 0 radical (unpaired) electrons. The van der Waals surface area contributed by atoms with Gasteiger partial charge in [0.05, 0.1) is 12.8 Å². The first-order valence-electron chi connectivity index (χ1n) is 8.37. The number of para-hydroxylation sites is 1. The molecule has 1 atom stereocenters. The quantitative estimate of drug-likeness (QED) is 0.635. The molecule has 0 aromatic heterocycles. The van der Waals surface area contributed by atoms with Crippen LogP contribution in [0.1, 0.15) is 32.4 Å². The molecule has 0 saturated carbocycles. The van der Waals surface area contributed by atoms with E-state index in [1.54, 1.807) is 63.2 Å². The number of amides is 1. The molecule has 0 N–H and O–H groups in total. The Kier molecular flexibility index (Phi) is 5.02. The SMILES string of the molecule is COC(=O)C1c2ccccc2Oc2ccc(Cl)cc2N1C(=O)OC(C)(C)C. The first kappa shape index (κ1) is 19.0. The van der Waals surface area contributed by atoms with Crippen molar-refractivity contribution in [2.75, 3.05) is 12.0 Å². The van der Waals surface area contributed by atoms with Gasteiger partial charge < -0.3 is 14.2 Å². The predicted molar refractivity (Wildman–Crippen MR) is 101 cm³/mol. The van der Waals surface area contributed by atoms with Crippen molar-refractivity contribution in [2.24, 2.45) is 0 Å². The Morgan fingerprint density at radius 1 is 1.11 bits per heavy atom. The number of carbonyl (C=O) groups is 2. The molecular weight excluding hydrogens is 370 g/mol. The molecule has 6 nitrogen and oxygen atoms in total. The molecule has 2 aromatic rings. The second kappa shape index (κ2) is 7.12. The van der Waals surface area contributed by atoms with Gasteiger partial charge in [0.2, 0.25) is 0 Å². The van der Waals surface area contributed by atoms with E-state index in [2.05, 4.69) is 0 Å². The summed E-state index contributed by atoms with van der Waals surface area (Å²) in [6.07, 6.45) is -0.707. The van der Waals surface area contributed by atoms with Gasteiger partial charge in [0.25, 0.3) is 0 Å². The fourth-order valence-electron chi connectivity index (χ4n) is 2.82. The van der Waals surface area contributed by atoms with E-state index in [1.807, 2.05) is 0 Å². The van der Waals surface area contributed by atoms with Gasteiger partial charge in [0.1, 0.15) is 11.4 Å². The molecular formula is C20H20ClNO5. The zero-order chi connectivity index (χ0) is 19.8. The number of hydrogen-bond acceptors (Lipinski definition) is 5. The van der Waals surface area contributed by atoms with Crippen molar-refractivity contribution >= 4 is 29.4 Å². The maximum absolute atomic E-state index is 13.1. The molecule has 1 aliphatic rings. The van der Waals surface area contributed by atoms with Crippen LogP contribution in [0.4, 0.5) is 10.5 Å². The van der Waals surface area contributed by atoms with Gasteiger partial charge in [-0.15, -0.1) is 0 Å². The number of fused-ring (bicyclic) bond motifs is 2. The van der Waals surface area contributed by atoms with Crippen molar-refractivity contribution < 1.29 is 23.8 Å². The first-order chi connectivity index (χ1) is 12.7. The summed E-state index contributed by atoms with van der Waals surface area (Å²) in [6, 6.07) is 10.7. The minimum Gasteiger partial charge on any atom is -0.467 e. The number of esters is 1. The molecule has 1 amide bonds. The zero-order valence-electron chi connectivity index (χ0n) is 15.5. The lowest BCUT2D eigenvalue weighted by atomic mass is 10.0. The molecule has 3 rings (SSSR count). The van der Waals surface area contributed by atoms with Crippen LogP contribution < -0.4 is 9.64 Å². The third-order valence-electron chi connectivity index (χ3n) is 3.89. The summed E-state index contributed by atoms with van der Waals surface area (Å²) in [4.78, 5) is 27.0. The predicted octanol–water partition coefficient (Wildman–Crippen LogP) is 5.10. The maximum Gasteiger partial charge on any atom is 0.416 e. The summed E-state index contributed by atoms with van der Waals surface area (Å²) >= 11 is 6.15. The van der Waals surface area contributed by atoms with E-state index in [-0.39, 0.29) is 0 Å². The fraction of sp³-hybridized carbons (Fsp3) is 0.300. The highest BCUT2D eigenvalue weighted by molar-refractivity contribution is 6.31. The van der Waals surface area contributed by atoms with Gasteiger partial charge in [0, 0.05) is 10.6 Å². The van der Waals surface area contributed by atoms with Crippen LogP contribution in [0, 0.1) is 0 Å². The molecule has 0 fully saturated rings. The third kappa shape index (κ3) is 3.85. The highest BCUT2D eigenvalue weighted by atomic mass is 35.5. The van der Waals surface area contributed by atoms with Gasteiger partial charge in [0.15, 0.2) is 11.8 Å². The molecule has 0 saturated heterocycles. The molecule has 142 valence electrons. The van der Waals surface area contributed by atoms with Crippen molar-refractivity contribution in [1.82, 2.24) is 0 Å². The monoisotopic (exact) mass is 389 g/mol. The summed E-state index contributed by atoms with van der Waals surface area (Å²) in [5, 5.41) is 0.389. The summed E-state index contributed by atoms with van der Waals surface area (Å²) in [6.45, 7) is 5.25. The van der Waals surface area contributed by atoms with Crippen molar-refractivity contribution in [1.29, 1.82) is 0 Å². The Bertz CT molecular complexity index is 890. The van der Waals surface area contributed by atoms with Gasteiger partial charge in [-0.05, 0) is 45.0 Å². The van der Waals surface area contributed by atoms with Crippen molar-refractivity contribution in [3.8, 4) is 11.5 Å². The number of ether oxygens (including phenoxy) is 3. The highest BCUT2D eigenvalue weighted by Crippen LogP contribution is 2.46. The van der Waals surface area contributed by atoms with E-state index in [0.29, 0.717) is 27.8 Å². The second-order valence-electron chi connectivity index (χ2n) is 7.03. The lowest BCUT2D eigenvalue weighted by Crippen LogP contribution is -2.42. The van der Waals surface area contributed by atoms with Crippen LogP contribution in [0.5, 0.6) is 11.5 Å². The molecule has 1 aliphatic heterocycles. The van der Waals surface area contributed by atoms with Gasteiger partial charge in [-0.2, -0.15) is 0 Å². The molecule has 2 aromatic carbocycles. The van der Waals surface area contributed by atoms with Crippen LogP contribution in [0.15, 0.2) is 42.5 Å². The topological polar surface area (TPSA) is 65.1 Å². The minimum atomic E-state index is -1.08. The normalized spacial score (nSPS) is 15.7. The average molecular weight is 390 g/mol. The number of nitrogens with zero attached hydrogens (tertiary/aromatic N) is 1. The van der Waals surface area contributed by atoms with Crippen LogP contribution >= 0.6 is 11.6 Å². The van der Waals surface area contributed by atoms with E-state index in [9.17, 15) is 9.59 Å². The number of hydrogen-bond donors (Lipinski definition) is 0. The molecule has 7 heteroatoms. The molecule has 1 heterocycles. The molecule has 0 bridgehead atoms. The summed E-state index contributed by atoms with van der Waals surface area (Å²) < 4.78 is 16.5. The van der Waals surface area contributed by atoms with Crippen LogP contribution in [0.2, 0.25) is 5.02 Å². The van der Waals surface area contributed by atoms with E-state index >= 15 is 0 Å². The van der Waals surface area contributed by atoms with Gasteiger partial charge in [-0.25, -0.2) is 9.59 Å². The molecule has 1 unspecified atom stereocenters. The van der Waals surface area contributed by atoms with Crippen molar-refractivity contribution in [3.63, 3.8) is 0 Å². The number of rotatable bonds is 1. The number of carbonyl (C=O) groups excluding carboxylic acids is 2. The van der Waals surface area contributed by atoms with E-state index in [4.69, 9.17) is 25.8 Å². The molecule has 27 heavy (non-hydrogen) atoms. The number of anilines is 1. The lowest BCUT2D eigenvalue weighted by Gasteiger charge is -2.31. The Morgan fingerprint density at radius 2 is 1.81 bits per heavy atom. The average Bonchev–Trinajstić information content (AvgIpc) is 2.73. The Hall–Kier alpha value is -2.73. The van der Waals surface area contributed by atoms with Crippen LogP contribution in [0.25, 0.3) is 0 Å². The van der Waals surface area contributed by atoms with Gasteiger partial charge in [-0.1, -0.05) is 29.8 Å². The van der Waals surface area contributed by atoms with Crippen LogP contribution in [-0.4, -0.2) is 24.8 Å². The minimum absolute atomic E-state index is 0.323. The summed E-state index contributed by atoms with van der Waals surface area (Å²) in [5.41, 5.74) is 0.0503. The Morgan fingerprint density at radius 3 is 2.48 bits per heavy atom. The first-order valence-corrected chi connectivity index (χ1v) is 8.75. The number of halogens is 1. The van der Waals surface area contributed by atoms with E-state index < -0.39 is 23.7 Å². The standard InChI is InChI=1S/C20H20ClNO5/c1-20(2,3)27-19(24)22-14-11-12(21)9-10-16(14)26-15-8-6-5-7-13(15)17(22)18(23)25-4/h5-11,17H,1-4H3. The van der Waals surface area contributed by atoms with Gasteiger partial charge in [-0.3, -0.25) is 4.90 Å². The second-order valence-corrected chi connectivity index (χ2v) is 7.46. The Labute approximate surface area is 162 Å². The van der Waals surface area contributed by atoms with E-state index in [0.717, 1.165) is 0 Å². The van der Waals surface area contributed by atoms with Crippen LogP contribution in [-0.2, 0) is 14.3 Å². The van der Waals surface area contributed by atoms with Crippen molar-refractivity contribution in [2.45, 2.75) is 32.4 Å². The molecule has 0 aliphatic carbocycles.